The lowest BCUT2D eigenvalue weighted by molar-refractivity contribution is -0.193. The van der Waals surface area contributed by atoms with Crippen LogP contribution < -0.4 is 0 Å². The summed E-state index contributed by atoms with van der Waals surface area (Å²) in [4.78, 5) is 11.0. The molecule has 1 saturated carbocycles. The Hall–Kier alpha value is -0.950. The van der Waals surface area contributed by atoms with Crippen LogP contribution in [-0.4, -0.2) is 53.0 Å². The zero-order valence-corrected chi connectivity index (χ0v) is 12.1. The van der Waals surface area contributed by atoms with Crippen LogP contribution in [0.25, 0.3) is 0 Å². The molecule has 120 valence electrons. The van der Waals surface area contributed by atoms with Gasteiger partial charge in [-0.2, -0.15) is 0 Å². The van der Waals surface area contributed by atoms with Crippen LogP contribution in [0.4, 0.5) is 0 Å². The van der Waals surface area contributed by atoms with Gasteiger partial charge in [-0.3, -0.25) is 0 Å². The first kappa shape index (κ1) is 16.4. The molecule has 0 spiro atoms. The fraction of sp³-hybridized carbons (Fsp3) is 0.800. The summed E-state index contributed by atoms with van der Waals surface area (Å²) in [6.07, 6.45) is 5.75. The molecule has 2 aliphatic rings. The predicted molar refractivity (Wildman–Crippen MR) is 74.5 cm³/mol. The van der Waals surface area contributed by atoms with E-state index in [-0.39, 0.29) is 30.8 Å². The van der Waals surface area contributed by atoms with Gasteiger partial charge in [-0.1, -0.05) is 12.2 Å². The second-order valence-corrected chi connectivity index (χ2v) is 5.68. The highest BCUT2D eigenvalue weighted by Gasteiger charge is 2.42. The maximum Gasteiger partial charge on any atom is 0.332 e. The van der Waals surface area contributed by atoms with Gasteiger partial charge in [0.15, 0.2) is 12.4 Å². The molecule has 0 radical (unpaired) electrons. The zero-order chi connectivity index (χ0) is 15.2. The number of hydrogen-bond acceptors (Lipinski definition) is 5. The fourth-order valence-corrected chi connectivity index (χ4v) is 3.23. The maximum atomic E-state index is 11.0. The summed E-state index contributed by atoms with van der Waals surface area (Å²) in [6, 6.07) is 0. The first-order chi connectivity index (χ1) is 10.1. The Morgan fingerprint density at radius 2 is 2.14 bits per heavy atom. The highest BCUT2D eigenvalue weighted by Crippen LogP contribution is 2.38. The lowest BCUT2D eigenvalue weighted by Crippen LogP contribution is -2.36. The normalized spacial score (nSPS) is 35.1. The van der Waals surface area contributed by atoms with Gasteiger partial charge < -0.3 is 24.8 Å². The molecule has 2 fully saturated rings. The summed E-state index contributed by atoms with van der Waals surface area (Å²) in [5.74, 6) is -1.82. The predicted octanol–water partition coefficient (Wildman–Crippen LogP) is 0.918. The van der Waals surface area contributed by atoms with Crippen molar-refractivity contribution in [2.45, 2.75) is 50.6 Å². The van der Waals surface area contributed by atoms with Crippen molar-refractivity contribution in [1.29, 1.82) is 0 Å². The van der Waals surface area contributed by atoms with Crippen molar-refractivity contribution in [1.82, 2.24) is 0 Å². The van der Waals surface area contributed by atoms with Crippen LogP contribution in [-0.2, 0) is 14.3 Å². The van der Waals surface area contributed by atoms with Crippen molar-refractivity contribution >= 4 is 5.97 Å². The quantitative estimate of drug-likeness (QED) is 0.631. The van der Waals surface area contributed by atoms with Crippen LogP contribution in [0.2, 0.25) is 0 Å². The Kier molecular flexibility index (Phi) is 6.17. The molecule has 0 aromatic carbocycles. The largest absolute Gasteiger partial charge is 0.479 e. The van der Waals surface area contributed by atoms with E-state index >= 15 is 0 Å². The summed E-state index contributed by atoms with van der Waals surface area (Å²) in [5.41, 5.74) is 0. The smallest absolute Gasteiger partial charge is 0.332 e. The van der Waals surface area contributed by atoms with Crippen molar-refractivity contribution < 1.29 is 29.6 Å². The number of aliphatic carboxylic acids is 1. The van der Waals surface area contributed by atoms with Crippen LogP contribution in [0.15, 0.2) is 12.2 Å². The van der Waals surface area contributed by atoms with Crippen LogP contribution in [0.3, 0.4) is 0 Å². The lowest BCUT2D eigenvalue weighted by Gasteiger charge is -2.29. The average Bonchev–Trinajstić information content (AvgIpc) is 2.88. The van der Waals surface area contributed by atoms with Crippen molar-refractivity contribution in [3.05, 3.63) is 12.2 Å². The molecular formula is C15H24O6. The second-order valence-electron chi connectivity index (χ2n) is 5.68. The van der Waals surface area contributed by atoms with Crippen LogP contribution >= 0.6 is 0 Å². The Bertz CT molecular complexity index is 363. The molecule has 1 aliphatic heterocycles. The zero-order valence-electron chi connectivity index (χ0n) is 12.1. The molecular weight excluding hydrogens is 276 g/mol. The highest BCUT2D eigenvalue weighted by atomic mass is 16.7. The average molecular weight is 300 g/mol. The van der Waals surface area contributed by atoms with E-state index in [4.69, 9.17) is 19.7 Å². The highest BCUT2D eigenvalue weighted by molar-refractivity contribution is 5.72. The van der Waals surface area contributed by atoms with E-state index in [1.165, 1.54) is 0 Å². The van der Waals surface area contributed by atoms with Crippen LogP contribution in [0.5, 0.6) is 0 Å². The standard InChI is InChI=1S/C15H24O6/c16-8-3-4-10-11(14(17)15(18)19)6-7-12(10)21-13-5-1-2-9-20-13/h3-4,10-14,16-17H,1-2,5-9H2,(H,18,19)/t10-,11+,12-,13?,14?/m0/s1. The first-order valence-electron chi connectivity index (χ1n) is 7.59. The molecule has 0 aromatic heterocycles. The molecule has 0 bridgehead atoms. The van der Waals surface area contributed by atoms with E-state index in [1.54, 1.807) is 12.2 Å². The van der Waals surface area contributed by atoms with E-state index in [0.717, 1.165) is 19.3 Å². The number of carbonyl (C=O) groups is 1. The van der Waals surface area contributed by atoms with Gasteiger partial charge >= 0.3 is 5.97 Å². The molecule has 1 aliphatic carbocycles. The molecule has 1 saturated heterocycles. The van der Waals surface area contributed by atoms with Gasteiger partial charge in [0.2, 0.25) is 0 Å². The van der Waals surface area contributed by atoms with Crippen LogP contribution in [0, 0.1) is 11.8 Å². The number of carboxylic acid groups (broad SMARTS) is 1. The summed E-state index contributed by atoms with van der Waals surface area (Å²) >= 11 is 0. The summed E-state index contributed by atoms with van der Waals surface area (Å²) in [5, 5.41) is 27.8. The topological polar surface area (TPSA) is 96.2 Å². The molecule has 21 heavy (non-hydrogen) atoms. The second kappa shape index (κ2) is 7.89. The molecule has 0 amide bonds. The molecule has 2 unspecified atom stereocenters. The van der Waals surface area contributed by atoms with E-state index in [9.17, 15) is 9.90 Å². The number of rotatable bonds is 6. The van der Waals surface area contributed by atoms with Gasteiger partial charge in [-0.25, -0.2) is 4.79 Å². The van der Waals surface area contributed by atoms with E-state index in [1.807, 2.05) is 0 Å². The van der Waals surface area contributed by atoms with Crippen LogP contribution in [0.1, 0.15) is 32.1 Å². The van der Waals surface area contributed by atoms with Gasteiger partial charge in [0.05, 0.1) is 12.7 Å². The number of ether oxygens (including phenoxy) is 2. The molecule has 6 nitrogen and oxygen atoms in total. The molecule has 5 atom stereocenters. The number of hydrogen-bond donors (Lipinski definition) is 3. The van der Waals surface area contributed by atoms with Gasteiger partial charge in [0.1, 0.15) is 0 Å². The molecule has 2 rings (SSSR count). The first-order valence-corrected chi connectivity index (χ1v) is 7.59. The minimum absolute atomic E-state index is 0.112. The molecule has 0 aromatic rings. The Labute approximate surface area is 124 Å². The van der Waals surface area contributed by atoms with Crippen molar-refractivity contribution in [2.24, 2.45) is 11.8 Å². The minimum atomic E-state index is -1.40. The number of carboxylic acids is 1. The molecule has 1 heterocycles. The van der Waals surface area contributed by atoms with Crippen molar-refractivity contribution in [3.63, 3.8) is 0 Å². The van der Waals surface area contributed by atoms with Gasteiger partial charge in [-0.15, -0.1) is 0 Å². The Balaban J connectivity index is 2.01. The van der Waals surface area contributed by atoms with E-state index in [0.29, 0.717) is 19.4 Å². The monoisotopic (exact) mass is 300 g/mol. The Morgan fingerprint density at radius 1 is 1.33 bits per heavy atom. The molecule has 6 heteroatoms. The molecule has 3 N–H and O–H groups in total. The minimum Gasteiger partial charge on any atom is -0.479 e. The summed E-state index contributed by atoms with van der Waals surface area (Å²) in [6.45, 7) is 0.578. The van der Waals surface area contributed by atoms with Gasteiger partial charge in [0.25, 0.3) is 0 Å². The third kappa shape index (κ3) is 4.26. The van der Waals surface area contributed by atoms with Gasteiger partial charge in [0, 0.05) is 18.4 Å². The lowest BCUT2D eigenvalue weighted by atomic mass is 9.89. The SMILES string of the molecule is O=C(O)C(O)[C@@H]1CC[C@H](OC2CCCCO2)[C@H]1C=CCO. The van der Waals surface area contributed by atoms with E-state index < -0.39 is 12.1 Å². The summed E-state index contributed by atoms with van der Waals surface area (Å²) in [7, 11) is 0. The third-order valence-electron chi connectivity index (χ3n) is 4.29. The number of aliphatic hydroxyl groups excluding tert-OH is 2. The fourth-order valence-electron chi connectivity index (χ4n) is 3.23. The van der Waals surface area contributed by atoms with Gasteiger partial charge in [-0.05, 0) is 32.1 Å². The van der Waals surface area contributed by atoms with E-state index in [2.05, 4.69) is 0 Å². The number of aliphatic hydroxyl groups is 2. The Morgan fingerprint density at radius 3 is 2.76 bits per heavy atom. The third-order valence-corrected chi connectivity index (χ3v) is 4.29. The summed E-state index contributed by atoms with van der Waals surface area (Å²) < 4.78 is 11.5. The van der Waals surface area contributed by atoms with Crippen molar-refractivity contribution in [3.8, 4) is 0 Å². The van der Waals surface area contributed by atoms with Crippen molar-refractivity contribution in [2.75, 3.05) is 13.2 Å². The maximum absolute atomic E-state index is 11.0.